The third kappa shape index (κ3) is 6.12. The largest absolute Gasteiger partial charge is 0.462 e. The number of aryl methyl sites for hydroxylation is 1. The van der Waals surface area contributed by atoms with Gasteiger partial charge in [0, 0.05) is 29.8 Å². The summed E-state index contributed by atoms with van der Waals surface area (Å²) in [6, 6.07) is 14.5. The Labute approximate surface area is 209 Å². The highest BCUT2D eigenvalue weighted by Crippen LogP contribution is 2.29. The van der Waals surface area contributed by atoms with Gasteiger partial charge in [-0.1, -0.05) is 23.7 Å². The average molecular weight is 495 g/mol. The van der Waals surface area contributed by atoms with Gasteiger partial charge in [0.2, 0.25) is 5.91 Å². The molecule has 4 rings (SSSR count). The Morgan fingerprint density at radius 1 is 1.11 bits per heavy atom. The van der Waals surface area contributed by atoms with Crippen molar-refractivity contribution in [3.8, 4) is 11.3 Å². The van der Waals surface area contributed by atoms with E-state index in [4.69, 9.17) is 25.5 Å². The molecule has 0 atom stereocenters. The number of nitrogens with zero attached hydrogens (tertiary/aromatic N) is 1. The Hall–Kier alpha value is -3.55. The van der Waals surface area contributed by atoms with E-state index in [1.54, 1.807) is 31.2 Å². The lowest BCUT2D eigenvalue weighted by Crippen LogP contribution is -2.36. The first kappa shape index (κ1) is 24.6. The van der Waals surface area contributed by atoms with E-state index in [2.05, 4.69) is 10.2 Å². The molecule has 1 aliphatic rings. The zero-order valence-corrected chi connectivity index (χ0v) is 20.4. The number of furan rings is 1. The van der Waals surface area contributed by atoms with Crippen molar-refractivity contribution in [3.05, 3.63) is 76.5 Å². The van der Waals surface area contributed by atoms with Gasteiger partial charge in [0.15, 0.2) is 0 Å². The Kier molecular flexibility index (Phi) is 7.90. The van der Waals surface area contributed by atoms with E-state index in [1.807, 2.05) is 37.3 Å². The van der Waals surface area contributed by atoms with E-state index in [9.17, 15) is 9.59 Å². The third-order valence-electron chi connectivity index (χ3n) is 5.60. The molecule has 7 nitrogen and oxygen atoms in total. The number of halogens is 1. The van der Waals surface area contributed by atoms with Gasteiger partial charge < -0.3 is 24.1 Å². The first-order valence-electron chi connectivity index (χ1n) is 11.4. The number of carbonyl (C=O) groups is 2. The van der Waals surface area contributed by atoms with Crippen molar-refractivity contribution < 1.29 is 23.5 Å². The van der Waals surface area contributed by atoms with E-state index in [-0.39, 0.29) is 12.5 Å². The summed E-state index contributed by atoms with van der Waals surface area (Å²) in [4.78, 5) is 27.1. The molecule has 0 spiro atoms. The molecule has 0 radical (unpaired) electrons. The minimum atomic E-state index is -0.439. The van der Waals surface area contributed by atoms with Gasteiger partial charge in [0.25, 0.3) is 0 Å². The lowest BCUT2D eigenvalue weighted by molar-refractivity contribution is -0.111. The van der Waals surface area contributed by atoms with Gasteiger partial charge >= 0.3 is 5.97 Å². The Morgan fingerprint density at radius 2 is 1.91 bits per heavy atom. The molecule has 35 heavy (non-hydrogen) atoms. The van der Waals surface area contributed by atoms with Crippen LogP contribution in [0.5, 0.6) is 0 Å². The molecule has 3 aromatic rings. The topological polar surface area (TPSA) is 81.0 Å². The fourth-order valence-corrected chi connectivity index (χ4v) is 3.91. The minimum Gasteiger partial charge on any atom is -0.462 e. The van der Waals surface area contributed by atoms with Crippen LogP contribution in [0.1, 0.15) is 28.6 Å². The standard InChI is InChI=1S/C27H27ClN2O5/c1-3-34-27(32)20-6-9-24(30-12-14-33-15-13-30)23(17-20)29-26(31)11-8-21-7-10-25(35-21)19-5-4-18(2)22(28)16-19/h4-11,16-17H,3,12-15H2,1-2H3,(H,29,31)/b11-8+. The van der Waals surface area contributed by atoms with Crippen LogP contribution in [-0.4, -0.2) is 44.8 Å². The molecule has 0 aliphatic carbocycles. The highest BCUT2D eigenvalue weighted by molar-refractivity contribution is 6.31. The Morgan fingerprint density at radius 3 is 2.66 bits per heavy atom. The van der Waals surface area contributed by atoms with Crippen molar-refractivity contribution >= 4 is 40.9 Å². The number of hydrogen-bond acceptors (Lipinski definition) is 6. The van der Waals surface area contributed by atoms with Crippen LogP contribution >= 0.6 is 11.6 Å². The lowest BCUT2D eigenvalue weighted by atomic mass is 10.1. The number of anilines is 2. The summed E-state index contributed by atoms with van der Waals surface area (Å²) in [5, 5.41) is 3.56. The number of esters is 1. The van der Waals surface area contributed by atoms with Gasteiger partial charge in [-0.2, -0.15) is 0 Å². The Balaban J connectivity index is 1.51. The van der Waals surface area contributed by atoms with Gasteiger partial charge in [0.1, 0.15) is 11.5 Å². The highest BCUT2D eigenvalue weighted by atomic mass is 35.5. The van der Waals surface area contributed by atoms with Gasteiger partial charge in [-0.05, 0) is 61.9 Å². The Bertz CT molecular complexity index is 1240. The maximum absolute atomic E-state index is 12.8. The fraction of sp³-hybridized carbons (Fsp3) is 0.259. The molecule has 8 heteroatoms. The van der Waals surface area contributed by atoms with Crippen LogP contribution < -0.4 is 10.2 Å². The number of benzene rings is 2. The predicted octanol–water partition coefficient (Wildman–Crippen LogP) is 5.57. The molecule has 1 N–H and O–H groups in total. The maximum Gasteiger partial charge on any atom is 0.338 e. The molecule has 1 amide bonds. The number of hydrogen-bond donors (Lipinski definition) is 1. The van der Waals surface area contributed by atoms with Crippen LogP contribution in [0.15, 0.2) is 59.0 Å². The molecule has 2 aromatic carbocycles. The zero-order chi connectivity index (χ0) is 24.8. The second kappa shape index (κ2) is 11.3. The second-order valence-electron chi connectivity index (χ2n) is 8.04. The van der Waals surface area contributed by atoms with E-state index in [0.717, 1.165) is 16.8 Å². The summed E-state index contributed by atoms with van der Waals surface area (Å²) in [6.45, 7) is 6.54. The number of rotatable bonds is 7. The summed E-state index contributed by atoms with van der Waals surface area (Å²) in [5.74, 6) is 0.396. The highest BCUT2D eigenvalue weighted by Gasteiger charge is 2.18. The molecule has 182 valence electrons. The van der Waals surface area contributed by atoms with Crippen molar-refractivity contribution in [1.82, 2.24) is 0 Å². The number of carbonyl (C=O) groups excluding carboxylic acids is 2. The van der Waals surface area contributed by atoms with Crippen molar-refractivity contribution in [2.45, 2.75) is 13.8 Å². The number of amides is 1. The maximum atomic E-state index is 12.8. The van der Waals surface area contributed by atoms with E-state index in [1.165, 1.54) is 6.08 Å². The summed E-state index contributed by atoms with van der Waals surface area (Å²) in [7, 11) is 0. The van der Waals surface area contributed by atoms with Crippen LogP contribution in [0.25, 0.3) is 17.4 Å². The molecule has 0 bridgehead atoms. The minimum absolute atomic E-state index is 0.272. The molecule has 1 aliphatic heterocycles. The molecular weight excluding hydrogens is 468 g/mol. The lowest BCUT2D eigenvalue weighted by Gasteiger charge is -2.30. The van der Waals surface area contributed by atoms with Crippen molar-refractivity contribution in [2.75, 3.05) is 43.1 Å². The number of nitrogens with one attached hydrogen (secondary N) is 1. The number of morpholine rings is 1. The molecule has 0 saturated carbocycles. The van der Waals surface area contributed by atoms with Crippen molar-refractivity contribution in [2.24, 2.45) is 0 Å². The van der Waals surface area contributed by atoms with E-state index in [0.29, 0.717) is 54.1 Å². The summed E-state index contributed by atoms with van der Waals surface area (Å²) < 4.78 is 16.4. The van der Waals surface area contributed by atoms with Gasteiger partial charge in [-0.25, -0.2) is 4.79 Å². The van der Waals surface area contributed by atoms with Crippen LogP contribution in [-0.2, 0) is 14.3 Å². The van der Waals surface area contributed by atoms with Crippen LogP contribution in [0.3, 0.4) is 0 Å². The van der Waals surface area contributed by atoms with Crippen LogP contribution in [0.2, 0.25) is 5.02 Å². The summed E-state index contributed by atoms with van der Waals surface area (Å²) >= 11 is 6.22. The molecular formula is C27H27ClN2O5. The average Bonchev–Trinajstić information content (AvgIpc) is 3.34. The SMILES string of the molecule is CCOC(=O)c1ccc(N2CCOCC2)c(NC(=O)/C=C/c2ccc(-c3ccc(C)c(Cl)c3)o2)c1. The molecule has 2 heterocycles. The number of ether oxygens (including phenoxy) is 2. The monoisotopic (exact) mass is 494 g/mol. The van der Waals surface area contributed by atoms with Crippen molar-refractivity contribution in [3.63, 3.8) is 0 Å². The fourth-order valence-electron chi connectivity index (χ4n) is 3.73. The quantitative estimate of drug-likeness (QED) is 0.341. The van der Waals surface area contributed by atoms with E-state index >= 15 is 0 Å². The van der Waals surface area contributed by atoms with Crippen LogP contribution in [0.4, 0.5) is 11.4 Å². The molecule has 1 fully saturated rings. The van der Waals surface area contributed by atoms with Gasteiger partial charge in [-0.15, -0.1) is 0 Å². The zero-order valence-electron chi connectivity index (χ0n) is 19.7. The predicted molar refractivity (Wildman–Crippen MR) is 137 cm³/mol. The summed E-state index contributed by atoms with van der Waals surface area (Å²) in [5.41, 5.74) is 3.56. The normalized spacial score (nSPS) is 13.7. The van der Waals surface area contributed by atoms with Crippen LogP contribution in [0, 0.1) is 6.92 Å². The first-order valence-corrected chi connectivity index (χ1v) is 11.8. The van der Waals surface area contributed by atoms with Gasteiger partial charge in [-0.3, -0.25) is 4.79 Å². The van der Waals surface area contributed by atoms with Gasteiger partial charge in [0.05, 0.1) is 36.8 Å². The molecule has 1 aromatic heterocycles. The molecule has 0 unspecified atom stereocenters. The molecule has 1 saturated heterocycles. The first-order chi connectivity index (χ1) is 16.9. The van der Waals surface area contributed by atoms with E-state index < -0.39 is 5.97 Å². The van der Waals surface area contributed by atoms with Crippen molar-refractivity contribution in [1.29, 1.82) is 0 Å². The smallest absolute Gasteiger partial charge is 0.338 e. The second-order valence-corrected chi connectivity index (χ2v) is 8.45. The third-order valence-corrected chi connectivity index (χ3v) is 6.01. The summed E-state index contributed by atoms with van der Waals surface area (Å²) in [6.07, 6.45) is 2.99.